The number of nitrogens with zero attached hydrogens (tertiary/aromatic N) is 6. The number of piperidine rings is 1. The molecule has 0 radical (unpaired) electrons. The molecule has 1 aromatic carbocycles. The minimum atomic E-state index is 0.255. The van der Waals surface area contributed by atoms with Crippen LogP contribution in [-0.4, -0.2) is 37.9 Å². The van der Waals surface area contributed by atoms with Crippen LogP contribution in [0.1, 0.15) is 24.7 Å². The van der Waals surface area contributed by atoms with Crippen molar-refractivity contribution in [1.82, 2.24) is 24.8 Å². The lowest BCUT2D eigenvalue weighted by atomic mass is 9.98. The number of hydrogen-bond donors (Lipinski definition) is 0. The number of benzene rings is 1. The summed E-state index contributed by atoms with van der Waals surface area (Å²) < 4.78 is 7.87. The normalized spacial score (nSPS) is 17.4. The van der Waals surface area contributed by atoms with Gasteiger partial charge in [-0.05, 0) is 48.6 Å². The predicted octanol–water partition coefficient (Wildman–Crippen LogP) is 4.38. The molecule has 0 amide bonds. The van der Waals surface area contributed by atoms with Crippen LogP contribution in [0.2, 0.25) is 0 Å². The Kier molecular flexibility index (Phi) is 3.83. The van der Waals surface area contributed by atoms with Gasteiger partial charge >= 0.3 is 0 Å². The Morgan fingerprint density at radius 1 is 1.07 bits per heavy atom. The van der Waals surface area contributed by atoms with Crippen LogP contribution in [-0.2, 0) is 0 Å². The molecule has 6 rings (SSSR count). The van der Waals surface area contributed by atoms with Gasteiger partial charge in [0.15, 0.2) is 22.9 Å². The maximum atomic E-state index is 6.04. The molecule has 8 heteroatoms. The lowest BCUT2D eigenvalue weighted by Gasteiger charge is -2.32. The summed E-state index contributed by atoms with van der Waals surface area (Å²) in [6.07, 6.45) is 2.14. The van der Waals surface area contributed by atoms with E-state index in [1.54, 1.807) is 11.3 Å². The molecule has 29 heavy (non-hydrogen) atoms. The summed E-state index contributed by atoms with van der Waals surface area (Å²) in [7, 11) is 0. The fraction of sp³-hybridized carbons (Fsp3) is 0.238. The molecule has 0 saturated carbocycles. The number of thiophene rings is 1. The van der Waals surface area contributed by atoms with Gasteiger partial charge in [0.25, 0.3) is 0 Å². The second kappa shape index (κ2) is 6.66. The molecule has 4 aromatic heterocycles. The van der Waals surface area contributed by atoms with Gasteiger partial charge in [-0.15, -0.1) is 15.3 Å². The zero-order valence-electron chi connectivity index (χ0n) is 15.6. The van der Waals surface area contributed by atoms with Gasteiger partial charge in [0.05, 0.1) is 5.92 Å². The molecule has 7 nitrogen and oxygen atoms in total. The Morgan fingerprint density at radius 3 is 2.93 bits per heavy atom. The van der Waals surface area contributed by atoms with E-state index in [1.807, 2.05) is 52.4 Å². The highest BCUT2D eigenvalue weighted by Gasteiger charge is 2.26. The summed E-state index contributed by atoms with van der Waals surface area (Å²) >= 11 is 1.64. The third-order valence-corrected chi connectivity index (χ3v) is 6.12. The van der Waals surface area contributed by atoms with E-state index in [4.69, 9.17) is 14.5 Å². The SMILES string of the molecule is c1ccc2oc(C3CCCN(c4ccc5nnc(-c6ccsc6)n5n4)C3)nc2c1. The van der Waals surface area contributed by atoms with Crippen molar-refractivity contribution in [3.63, 3.8) is 0 Å². The van der Waals surface area contributed by atoms with Crippen LogP contribution in [0.3, 0.4) is 0 Å². The van der Waals surface area contributed by atoms with Gasteiger partial charge < -0.3 is 9.32 Å². The van der Waals surface area contributed by atoms with Gasteiger partial charge in [-0.3, -0.25) is 0 Å². The van der Waals surface area contributed by atoms with Crippen LogP contribution in [0, 0.1) is 0 Å². The zero-order valence-corrected chi connectivity index (χ0v) is 16.4. The van der Waals surface area contributed by atoms with E-state index in [1.165, 1.54) is 0 Å². The first-order valence-corrected chi connectivity index (χ1v) is 10.6. The van der Waals surface area contributed by atoms with E-state index in [0.29, 0.717) is 0 Å². The van der Waals surface area contributed by atoms with E-state index in [-0.39, 0.29) is 5.92 Å². The fourth-order valence-electron chi connectivity index (χ4n) is 3.97. The minimum absolute atomic E-state index is 0.255. The molecular formula is C21H18N6OS. The third-order valence-electron chi connectivity index (χ3n) is 5.43. The van der Waals surface area contributed by atoms with Gasteiger partial charge in [0, 0.05) is 24.0 Å². The topological polar surface area (TPSA) is 72.4 Å². The first-order chi connectivity index (χ1) is 14.3. The standard InChI is InChI=1S/C21H18N6OS/c1-2-6-17-16(5-1)22-21(28-17)14-4-3-10-26(12-14)19-8-7-18-23-24-20(27(18)25-19)15-9-11-29-13-15/h1-2,5-9,11,13-14H,3-4,10,12H2. The first-order valence-electron chi connectivity index (χ1n) is 9.70. The van der Waals surface area contributed by atoms with Crippen molar-refractivity contribution in [1.29, 1.82) is 0 Å². The smallest absolute Gasteiger partial charge is 0.200 e. The molecule has 5 heterocycles. The molecule has 1 saturated heterocycles. The van der Waals surface area contributed by atoms with Gasteiger partial charge in [0.2, 0.25) is 0 Å². The number of rotatable bonds is 3. The van der Waals surface area contributed by atoms with Crippen molar-refractivity contribution in [3.8, 4) is 11.4 Å². The van der Waals surface area contributed by atoms with Gasteiger partial charge in [-0.1, -0.05) is 12.1 Å². The van der Waals surface area contributed by atoms with Crippen LogP contribution in [0.5, 0.6) is 0 Å². The maximum Gasteiger partial charge on any atom is 0.200 e. The highest BCUT2D eigenvalue weighted by Crippen LogP contribution is 2.31. The lowest BCUT2D eigenvalue weighted by molar-refractivity contribution is 0.412. The van der Waals surface area contributed by atoms with Crippen molar-refractivity contribution < 1.29 is 4.42 Å². The monoisotopic (exact) mass is 402 g/mol. The second-order valence-electron chi connectivity index (χ2n) is 7.30. The number of anilines is 1. The number of hydrogen-bond acceptors (Lipinski definition) is 7. The number of aromatic nitrogens is 5. The van der Waals surface area contributed by atoms with Crippen molar-refractivity contribution in [2.75, 3.05) is 18.0 Å². The predicted molar refractivity (Wildman–Crippen MR) is 112 cm³/mol. The highest BCUT2D eigenvalue weighted by molar-refractivity contribution is 7.08. The minimum Gasteiger partial charge on any atom is -0.440 e. The average molecular weight is 402 g/mol. The first kappa shape index (κ1) is 16.7. The Labute approximate surface area is 170 Å². The van der Waals surface area contributed by atoms with Crippen LogP contribution >= 0.6 is 11.3 Å². The molecular weight excluding hydrogens is 384 g/mol. The van der Waals surface area contributed by atoms with Crippen molar-refractivity contribution in [2.45, 2.75) is 18.8 Å². The van der Waals surface area contributed by atoms with E-state index in [9.17, 15) is 0 Å². The number of fused-ring (bicyclic) bond motifs is 2. The maximum absolute atomic E-state index is 6.04. The Hall–Kier alpha value is -3.26. The molecule has 0 bridgehead atoms. The van der Waals surface area contributed by atoms with Gasteiger partial charge in [-0.25, -0.2) is 4.98 Å². The summed E-state index contributed by atoms with van der Waals surface area (Å²) in [6.45, 7) is 1.80. The molecule has 0 N–H and O–H groups in total. The van der Waals surface area contributed by atoms with Crippen LogP contribution < -0.4 is 4.90 Å². The summed E-state index contributed by atoms with van der Waals surface area (Å²) in [6, 6.07) is 14.0. The van der Waals surface area contributed by atoms with Crippen LogP contribution in [0.4, 0.5) is 5.82 Å². The molecule has 0 aliphatic carbocycles. The quantitative estimate of drug-likeness (QED) is 0.446. The Morgan fingerprint density at radius 2 is 2.03 bits per heavy atom. The van der Waals surface area contributed by atoms with Crippen molar-refractivity contribution in [3.05, 3.63) is 59.1 Å². The van der Waals surface area contributed by atoms with E-state index < -0.39 is 0 Å². The average Bonchev–Trinajstić information content (AvgIpc) is 3.51. The van der Waals surface area contributed by atoms with Crippen LogP contribution in [0.25, 0.3) is 28.1 Å². The molecule has 144 valence electrons. The molecule has 1 fully saturated rings. The van der Waals surface area contributed by atoms with E-state index in [2.05, 4.69) is 20.5 Å². The Bertz CT molecular complexity index is 1260. The fourth-order valence-corrected chi connectivity index (χ4v) is 4.61. The molecule has 1 unspecified atom stereocenters. The summed E-state index contributed by atoms with van der Waals surface area (Å²) in [5.41, 5.74) is 3.56. The second-order valence-corrected chi connectivity index (χ2v) is 8.08. The zero-order chi connectivity index (χ0) is 19.2. The summed E-state index contributed by atoms with van der Waals surface area (Å²) in [4.78, 5) is 7.02. The van der Waals surface area contributed by atoms with Crippen LogP contribution in [0.15, 0.2) is 57.6 Å². The molecule has 1 aliphatic heterocycles. The van der Waals surface area contributed by atoms with Gasteiger partial charge in [-0.2, -0.15) is 15.9 Å². The Balaban J connectivity index is 1.33. The van der Waals surface area contributed by atoms with E-state index in [0.717, 1.165) is 65.8 Å². The number of para-hydroxylation sites is 2. The molecule has 0 spiro atoms. The summed E-state index contributed by atoms with van der Waals surface area (Å²) in [5.74, 6) is 2.77. The van der Waals surface area contributed by atoms with Crippen molar-refractivity contribution in [2.24, 2.45) is 0 Å². The highest BCUT2D eigenvalue weighted by atomic mass is 32.1. The molecule has 1 aliphatic rings. The number of oxazole rings is 1. The molecule has 1 atom stereocenters. The lowest BCUT2D eigenvalue weighted by Crippen LogP contribution is -2.35. The van der Waals surface area contributed by atoms with Crippen molar-refractivity contribution >= 4 is 33.9 Å². The molecule has 5 aromatic rings. The third kappa shape index (κ3) is 2.87. The summed E-state index contributed by atoms with van der Waals surface area (Å²) in [5, 5.41) is 17.5. The van der Waals surface area contributed by atoms with E-state index >= 15 is 0 Å². The largest absolute Gasteiger partial charge is 0.440 e. The van der Waals surface area contributed by atoms with Gasteiger partial charge in [0.1, 0.15) is 11.3 Å².